The van der Waals surface area contributed by atoms with Crippen molar-refractivity contribution in [2.75, 3.05) is 11.9 Å². The second kappa shape index (κ2) is 5.08. The van der Waals surface area contributed by atoms with Crippen molar-refractivity contribution in [2.45, 2.75) is 13.3 Å². The van der Waals surface area contributed by atoms with Crippen LogP contribution in [0.4, 0.5) is 5.69 Å². The fourth-order valence-corrected chi connectivity index (χ4v) is 1.27. The van der Waals surface area contributed by atoms with Gasteiger partial charge in [0.25, 0.3) is 0 Å². The number of nitriles is 1. The largest absolute Gasteiger partial charge is 0.384 e. The van der Waals surface area contributed by atoms with Crippen molar-refractivity contribution >= 4 is 5.69 Å². The summed E-state index contributed by atoms with van der Waals surface area (Å²) in [4.78, 5) is 0. The van der Waals surface area contributed by atoms with Gasteiger partial charge in [0.1, 0.15) is 6.07 Å². The molecule has 0 aliphatic heterocycles. The van der Waals surface area contributed by atoms with Crippen LogP contribution in [-0.4, -0.2) is 6.54 Å². The van der Waals surface area contributed by atoms with Crippen LogP contribution in [-0.2, 0) is 0 Å². The van der Waals surface area contributed by atoms with E-state index in [1.54, 1.807) is 0 Å². The van der Waals surface area contributed by atoms with Crippen LogP contribution in [0.15, 0.2) is 30.9 Å². The fraction of sp³-hybridized carbons (Fsp3) is 0.250. The Bertz CT molecular complexity index is 361. The number of aryl methyl sites for hydroxylation is 1. The third-order valence-corrected chi connectivity index (χ3v) is 2.05. The molecule has 0 atom stereocenters. The summed E-state index contributed by atoms with van der Waals surface area (Å²) in [6.07, 6.45) is 2.76. The molecule has 0 spiro atoms. The van der Waals surface area contributed by atoms with Crippen molar-refractivity contribution in [3.63, 3.8) is 0 Å². The summed E-state index contributed by atoms with van der Waals surface area (Å²) in [7, 11) is 0. The predicted molar refractivity (Wildman–Crippen MR) is 59.2 cm³/mol. The maximum Gasteiger partial charge on any atom is 0.102 e. The van der Waals surface area contributed by atoms with E-state index in [-0.39, 0.29) is 0 Å². The highest BCUT2D eigenvalue weighted by Crippen LogP contribution is 2.17. The van der Waals surface area contributed by atoms with Crippen molar-refractivity contribution in [1.29, 1.82) is 5.26 Å². The standard InChI is InChI=1S/C12H14N2/c1-3-4-8-14-12-7-5-6-10(2)11(12)9-13/h3,5-7,14H,1,4,8H2,2H3. The van der Waals surface area contributed by atoms with Crippen LogP contribution in [0.2, 0.25) is 0 Å². The Hall–Kier alpha value is -1.75. The monoisotopic (exact) mass is 186 g/mol. The zero-order valence-electron chi connectivity index (χ0n) is 8.38. The van der Waals surface area contributed by atoms with E-state index >= 15 is 0 Å². The quantitative estimate of drug-likeness (QED) is 0.579. The first kappa shape index (κ1) is 10.3. The molecule has 0 heterocycles. The average Bonchev–Trinajstić information content (AvgIpc) is 2.18. The maximum absolute atomic E-state index is 8.95. The predicted octanol–water partition coefficient (Wildman–Crippen LogP) is 2.85. The molecule has 0 aliphatic carbocycles. The molecule has 72 valence electrons. The summed E-state index contributed by atoms with van der Waals surface area (Å²) >= 11 is 0. The van der Waals surface area contributed by atoms with E-state index in [0.717, 1.165) is 29.8 Å². The van der Waals surface area contributed by atoms with Crippen LogP contribution in [0.1, 0.15) is 17.5 Å². The number of hydrogen-bond acceptors (Lipinski definition) is 2. The number of benzene rings is 1. The molecule has 0 saturated carbocycles. The lowest BCUT2D eigenvalue weighted by Gasteiger charge is -2.08. The van der Waals surface area contributed by atoms with E-state index in [1.165, 1.54) is 0 Å². The van der Waals surface area contributed by atoms with Gasteiger partial charge in [-0.05, 0) is 25.0 Å². The number of nitrogens with zero attached hydrogens (tertiary/aromatic N) is 1. The van der Waals surface area contributed by atoms with Gasteiger partial charge in [0.05, 0.1) is 11.3 Å². The molecule has 0 aromatic heterocycles. The zero-order valence-corrected chi connectivity index (χ0v) is 8.38. The zero-order chi connectivity index (χ0) is 10.4. The van der Waals surface area contributed by atoms with Gasteiger partial charge in [0, 0.05) is 6.54 Å². The molecule has 0 aliphatic rings. The summed E-state index contributed by atoms with van der Waals surface area (Å²) < 4.78 is 0. The van der Waals surface area contributed by atoms with Gasteiger partial charge in [0.2, 0.25) is 0 Å². The summed E-state index contributed by atoms with van der Waals surface area (Å²) in [6.45, 7) is 6.41. The average molecular weight is 186 g/mol. The minimum Gasteiger partial charge on any atom is -0.384 e. The van der Waals surface area contributed by atoms with E-state index < -0.39 is 0 Å². The Kier molecular flexibility index (Phi) is 3.75. The van der Waals surface area contributed by atoms with Gasteiger partial charge >= 0.3 is 0 Å². The summed E-state index contributed by atoms with van der Waals surface area (Å²) in [5.41, 5.74) is 2.65. The Labute approximate surface area is 84.9 Å². The normalized spacial score (nSPS) is 9.14. The SMILES string of the molecule is C=CCCNc1cccc(C)c1C#N. The van der Waals surface area contributed by atoms with Gasteiger partial charge in [-0.2, -0.15) is 5.26 Å². The molecule has 14 heavy (non-hydrogen) atoms. The van der Waals surface area contributed by atoms with Gasteiger partial charge in [-0.15, -0.1) is 6.58 Å². The fourth-order valence-electron chi connectivity index (χ4n) is 1.27. The van der Waals surface area contributed by atoms with E-state index in [1.807, 2.05) is 31.2 Å². The summed E-state index contributed by atoms with van der Waals surface area (Å²) in [5, 5.41) is 12.2. The highest BCUT2D eigenvalue weighted by Gasteiger charge is 2.02. The molecule has 1 aromatic rings. The Balaban J connectivity index is 2.81. The molecule has 1 aromatic carbocycles. The molecule has 2 nitrogen and oxygen atoms in total. The topological polar surface area (TPSA) is 35.8 Å². The first-order valence-corrected chi connectivity index (χ1v) is 4.64. The molecule has 0 amide bonds. The third-order valence-electron chi connectivity index (χ3n) is 2.05. The molecule has 0 unspecified atom stereocenters. The van der Waals surface area contributed by atoms with Gasteiger partial charge in [0.15, 0.2) is 0 Å². The van der Waals surface area contributed by atoms with Gasteiger partial charge in [-0.3, -0.25) is 0 Å². The molecule has 1 N–H and O–H groups in total. The Morgan fingerprint density at radius 2 is 2.36 bits per heavy atom. The van der Waals surface area contributed by atoms with E-state index in [9.17, 15) is 0 Å². The van der Waals surface area contributed by atoms with Crippen LogP contribution >= 0.6 is 0 Å². The molecular weight excluding hydrogens is 172 g/mol. The van der Waals surface area contributed by atoms with Crippen LogP contribution < -0.4 is 5.32 Å². The second-order valence-corrected chi connectivity index (χ2v) is 3.11. The van der Waals surface area contributed by atoms with E-state index in [0.29, 0.717) is 0 Å². The lowest BCUT2D eigenvalue weighted by atomic mass is 10.1. The molecule has 1 rings (SSSR count). The molecular formula is C12H14N2. The highest BCUT2D eigenvalue weighted by atomic mass is 14.9. The van der Waals surface area contributed by atoms with Crippen molar-refractivity contribution in [1.82, 2.24) is 0 Å². The number of anilines is 1. The van der Waals surface area contributed by atoms with Crippen molar-refractivity contribution in [2.24, 2.45) is 0 Å². The minimum absolute atomic E-state index is 0.733. The van der Waals surface area contributed by atoms with E-state index in [4.69, 9.17) is 5.26 Å². The van der Waals surface area contributed by atoms with Crippen molar-refractivity contribution in [3.05, 3.63) is 42.0 Å². The van der Waals surface area contributed by atoms with Crippen molar-refractivity contribution < 1.29 is 0 Å². The van der Waals surface area contributed by atoms with Crippen molar-refractivity contribution in [3.8, 4) is 6.07 Å². The van der Waals surface area contributed by atoms with Crippen LogP contribution in [0.3, 0.4) is 0 Å². The maximum atomic E-state index is 8.95. The molecule has 2 heteroatoms. The molecule has 0 bridgehead atoms. The van der Waals surface area contributed by atoms with Crippen LogP contribution in [0.5, 0.6) is 0 Å². The Morgan fingerprint density at radius 1 is 1.57 bits per heavy atom. The lowest BCUT2D eigenvalue weighted by molar-refractivity contribution is 1.07. The number of nitrogens with one attached hydrogen (secondary N) is 1. The van der Waals surface area contributed by atoms with Gasteiger partial charge < -0.3 is 5.32 Å². The smallest absolute Gasteiger partial charge is 0.102 e. The van der Waals surface area contributed by atoms with Gasteiger partial charge in [-0.1, -0.05) is 18.2 Å². The molecule has 0 fully saturated rings. The third kappa shape index (κ3) is 2.37. The van der Waals surface area contributed by atoms with Crippen LogP contribution in [0.25, 0.3) is 0 Å². The first-order valence-electron chi connectivity index (χ1n) is 4.64. The Morgan fingerprint density at radius 3 is 3.00 bits per heavy atom. The first-order chi connectivity index (χ1) is 6.79. The van der Waals surface area contributed by atoms with Gasteiger partial charge in [-0.25, -0.2) is 0 Å². The lowest BCUT2D eigenvalue weighted by Crippen LogP contribution is -2.02. The van der Waals surface area contributed by atoms with Crippen LogP contribution in [0, 0.1) is 18.3 Å². The second-order valence-electron chi connectivity index (χ2n) is 3.11. The number of hydrogen-bond donors (Lipinski definition) is 1. The summed E-state index contributed by atoms with van der Waals surface area (Å²) in [6, 6.07) is 8.02. The highest BCUT2D eigenvalue weighted by molar-refractivity contribution is 5.60. The minimum atomic E-state index is 0.733. The van der Waals surface area contributed by atoms with E-state index in [2.05, 4.69) is 18.0 Å². The summed E-state index contributed by atoms with van der Waals surface area (Å²) in [5.74, 6) is 0. The molecule has 0 radical (unpaired) electrons. The number of rotatable bonds is 4. The molecule has 0 saturated heterocycles.